The summed E-state index contributed by atoms with van der Waals surface area (Å²) in [5.74, 6) is -0.258. The van der Waals surface area contributed by atoms with E-state index in [4.69, 9.17) is 11.6 Å². The van der Waals surface area contributed by atoms with Gasteiger partial charge in [-0.25, -0.2) is 4.68 Å². The molecule has 0 spiro atoms. The van der Waals surface area contributed by atoms with E-state index in [9.17, 15) is 14.9 Å². The van der Waals surface area contributed by atoms with Gasteiger partial charge in [-0.05, 0) is 36.8 Å². The Labute approximate surface area is 160 Å². The van der Waals surface area contributed by atoms with Crippen LogP contribution in [-0.2, 0) is 0 Å². The van der Waals surface area contributed by atoms with Crippen LogP contribution in [0.25, 0.3) is 5.69 Å². The van der Waals surface area contributed by atoms with Crippen LogP contribution < -0.4 is 0 Å². The van der Waals surface area contributed by atoms with Crippen molar-refractivity contribution in [1.82, 2.24) is 14.7 Å². The average molecular weight is 385 g/mol. The fourth-order valence-electron chi connectivity index (χ4n) is 2.68. The highest BCUT2D eigenvalue weighted by molar-refractivity contribution is 6.30. The van der Waals surface area contributed by atoms with Crippen LogP contribution in [0.15, 0.2) is 60.8 Å². The summed E-state index contributed by atoms with van der Waals surface area (Å²) in [4.78, 5) is 24.8. The van der Waals surface area contributed by atoms with Crippen molar-refractivity contribution in [3.05, 3.63) is 87.2 Å². The second kappa shape index (κ2) is 7.59. The minimum atomic E-state index is -0.473. The summed E-state index contributed by atoms with van der Waals surface area (Å²) in [5.41, 5.74) is 1.63. The number of nitro groups is 1. The number of non-ortho nitro benzene ring substituents is 1. The molecule has 0 aliphatic rings. The molecule has 0 saturated carbocycles. The third-order valence-electron chi connectivity index (χ3n) is 4.35. The molecular formula is C19H17ClN4O3. The number of nitrogens with zero attached hydrogens (tertiary/aromatic N) is 4. The Kier molecular flexibility index (Phi) is 5.23. The van der Waals surface area contributed by atoms with E-state index in [1.165, 1.54) is 16.8 Å². The number of hydrogen-bond acceptors (Lipinski definition) is 4. The summed E-state index contributed by atoms with van der Waals surface area (Å²) >= 11 is 6.03. The van der Waals surface area contributed by atoms with E-state index in [1.54, 1.807) is 42.4 Å². The number of rotatable bonds is 5. The Hall–Kier alpha value is -3.19. The van der Waals surface area contributed by atoms with Gasteiger partial charge in [-0.1, -0.05) is 29.8 Å². The first-order chi connectivity index (χ1) is 12.9. The molecule has 0 N–H and O–H groups in total. The molecular weight excluding hydrogens is 368 g/mol. The predicted molar refractivity (Wildman–Crippen MR) is 102 cm³/mol. The van der Waals surface area contributed by atoms with Crippen molar-refractivity contribution in [2.75, 3.05) is 7.05 Å². The van der Waals surface area contributed by atoms with E-state index in [2.05, 4.69) is 5.10 Å². The minimum Gasteiger partial charge on any atom is -0.334 e. The lowest BCUT2D eigenvalue weighted by Crippen LogP contribution is -2.30. The lowest BCUT2D eigenvalue weighted by atomic mass is 10.1. The highest BCUT2D eigenvalue weighted by Gasteiger charge is 2.21. The van der Waals surface area contributed by atoms with Gasteiger partial charge in [0.2, 0.25) is 0 Å². The molecule has 3 rings (SSSR count). The van der Waals surface area contributed by atoms with Crippen molar-refractivity contribution in [3.63, 3.8) is 0 Å². The molecule has 1 atom stereocenters. The number of amides is 1. The van der Waals surface area contributed by atoms with Gasteiger partial charge in [0.25, 0.3) is 11.6 Å². The number of benzene rings is 2. The van der Waals surface area contributed by atoms with E-state index in [0.717, 1.165) is 5.56 Å². The van der Waals surface area contributed by atoms with Gasteiger partial charge in [0.05, 0.1) is 16.7 Å². The third-order valence-corrected chi connectivity index (χ3v) is 4.58. The molecule has 0 bridgehead atoms. The van der Waals surface area contributed by atoms with Crippen LogP contribution in [0, 0.1) is 10.1 Å². The van der Waals surface area contributed by atoms with Gasteiger partial charge in [-0.2, -0.15) is 5.10 Å². The second-order valence-corrected chi connectivity index (χ2v) is 6.51. The quantitative estimate of drug-likeness (QED) is 0.486. The van der Waals surface area contributed by atoms with Crippen LogP contribution in [0.4, 0.5) is 5.69 Å². The maximum absolute atomic E-state index is 12.8. The van der Waals surface area contributed by atoms with E-state index < -0.39 is 4.92 Å². The van der Waals surface area contributed by atoms with Gasteiger partial charge in [-0.15, -0.1) is 0 Å². The van der Waals surface area contributed by atoms with Crippen molar-refractivity contribution < 1.29 is 9.72 Å². The Morgan fingerprint density at radius 3 is 2.67 bits per heavy atom. The van der Waals surface area contributed by atoms with Gasteiger partial charge in [-0.3, -0.25) is 14.9 Å². The van der Waals surface area contributed by atoms with Crippen LogP contribution in [0.2, 0.25) is 5.02 Å². The average Bonchev–Trinajstić information content (AvgIpc) is 3.16. The summed E-state index contributed by atoms with van der Waals surface area (Å²) in [5, 5.41) is 15.8. The van der Waals surface area contributed by atoms with Crippen molar-refractivity contribution in [1.29, 1.82) is 0 Å². The topological polar surface area (TPSA) is 81.3 Å². The molecule has 138 valence electrons. The van der Waals surface area contributed by atoms with Gasteiger partial charge >= 0.3 is 0 Å². The molecule has 1 unspecified atom stereocenters. The minimum absolute atomic E-state index is 0.0393. The molecule has 0 aliphatic carbocycles. The first-order valence-electron chi connectivity index (χ1n) is 8.20. The molecule has 0 fully saturated rings. The number of hydrogen-bond donors (Lipinski definition) is 0. The summed E-state index contributed by atoms with van der Waals surface area (Å²) in [7, 11) is 1.69. The van der Waals surface area contributed by atoms with Crippen molar-refractivity contribution in [3.8, 4) is 5.69 Å². The Bertz CT molecular complexity index is 1000. The van der Waals surface area contributed by atoms with Crippen LogP contribution >= 0.6 is 11.6 Å². The van der Waals surface area contributed by atoms with Gasteiger partial charge in [0.1, 0.15) is 0 Å². The van der Waals surface area contributed by atoms with E-state index >= 15 is 0 Å². The number of halogens is 1. The molecule has 1 amide bonds. The molecule has 0 radical (unpaired) electrons. The summed E-state index contributed by atoms with van der Waals surface area (Å²) in [6.45, 7) is 1.90. The van der Waals surface area contributed by atoms with E-state index in [0.29, 0.717) is 10.7 Å². The summed E-state index contributed by atoms with van der Waals surface area (Å²) in [6, 6.07) is 14.8. The third kappa shape index (κ3) is 3.98. The van der Waals surface area contributed by atoms with Crippen molar-refractivity contribution in [2.45, 2.75) is 13.0 Å². The van der Waals surface area contributed by atoms with E-state index in [1.807, 2.05) is 25.1 Å². The molecule has 8 heteroatoms. The lowest BCUT2D eigenvalue weighted by Gasteiger charge is -2.24. The summed E-state index contributed by atoms with van der Waals surface area (Å²) in [6.07, 6.45) is 1.60. The first-order valence-corrected chi connectivity index (χ1v) is 8.58. The lowest BCUT2D eigenvalue weighted by molar-refractivity contribution is -0.384. The van der Waals surface area contributed by atoms with Crippen LogP contribution in [0.3, 0.4) is 0 Å². The van der Waals surface area contributed by atoms with E-state index in [-0.39, 0.29) is 23.3 Å². The number of carbonyl (C=O) groups excluding carboxylic acids is 1. The standard InChI is InChI=1S/C19H17ClN4O3/c1-13(14-5-3-6-15(20)11-14)22(2)19(25)18-9-10-23(21-18)16-7-4-8-17(12-16)24(26)27/h3-13H,1-2H3. The number of aromatic nitrogens is 2. The molecule has 3 aromatic rings. The van der Waals surface area contributed by atoms with Gasteiger partial charge in [0, 0.05) is 30.4 Å². The highest BCUT2D eigenvalue weighted by atomic mass is 35.5. The Morgan fingerprint density at radius 2 is 1.96 bits per heavy atom. The van der Waals surface area contributed by atoms with Gasteiger partial charge in [0.15, 0.2) is 5.69 Å². The molecule has 1 heterocycles. The van der Waals surface area contributed by atoms with Crippen LogP contribution in [-0.4, -0.2) is 32.6 Å². The zero-order chi connectivity index (χ0) is 19.6. The largest absolute Gasteiger partial charge is 0.334 e. The number of carbonyl (C=O) groups is 1. The smallest absolute Gasteiger partial charge is 0.274 e. The normalized spacial score (nSPS) is 11.8. The molecule has 0 saturated heterocycles. The SMILES string of the molecule is CC(c1cccc(Cl)c1)N(C)C(=O)c1ccn(-c2cccc([N+](=O)[O-])c2)n1. The first kappa shape index (κ1) is 18.6. The molecule has 2 aromatic carbocycles. The van der Waals surface area contributed by atoms with Crippen LogP contribution in [0.1, 0.15) is 29.0 Å². The van der Waals surface area contributed by atoms with Crippen molar-refractivity contribution in [2.24, 2.45) is 0 Å². The number of nitro benzene ring substituents is 1. The predicted octanol–water partition coefficient (Wildman–Crippen LogP) is 4.27. The Balaban J connectivity index is 1.82. The zero-order valence-corrected chi connectivity index (χ0v) is 15.5. The van der Waals surface area contributed by atoms with Crippen molar-refractivity contribution >= 4 is 23.2 Å². The zero-order valence-electron chi connectivity index (χ0n) is 14.7. The maximum Gasteiger partial charge on any atom is 0.274 e. The Morgan fingerprint density at radius 1 is 1.22 bits per heavy atom. The molecule has 7 nitrogen and oxygen atoms in total. The molecule has 0 aliphatic heterocycles. The molecule has 1 aromatic heterocycles. The fourth-order valence-corrected chi connectivity index (χ4v) is 2.88. The summed E-state index contributed by atoms with van der Waals surface area (Å²) < 4.78 is 1.44. The second-order valence-electron chi connectivity index (χ2n) is 6.07. The van der Waals surface area contributed by atoms with Crippen LogP contribution in [0.5, 0.6) is 0 Å². The highest BCUT2D eigenvalue weighted by Crippen LogP contribution is 2.23. The monoisotopic (exact) mass is 384 g/mol. The maximum atomic E-state index is 12.8. The van der Waals surface area contributed by atoms with Gasteiger partial charge < -0.3 is 4.90 Å². The molecule has 27 heavy (non-hydrogen) atoms. The fraction of sp³-hybridized carbons (Fsp3) is 0.158.